The monoisotopic (exact) mass is 333 g/mol. The number of benzene rings is 1. The molecule has 0 bridgehead atoms. The Labute approximate surface area is 136 Å². The molecule has 0 spiro atoms. The lowest BCUT2D eigenvalue weighted by atomic mass is 9.97. The second-order valence-electron chi connectivity index (χ2n) is 5.53. The third-order valence-electron chi connectivity index (χ3n) is 4.10. The first kappa shape index (κ1) is 14.1. The topological polar surface area (TPSA) is 83.6 Å². The number of H-pyrrole nitrogens is 1. The van der Waals surface area contributed by atoms with E-state index >= 15 is 0 Å². The molecule has 8 heteroatoms. The summed E-state index contributed by atoms with van der Waals surface area (Å²) in [4.78, 5) is 13.9. The minimum atomic E-state index is -0.482. The molecular weight excluding hydrogens is 318 g/mol. The third kappa shape index (κ3) is 2.40. The average Bonchev–Trinajstić information content (AvgIpc) is 3.27. The summed E-state index contributed by atoms with van der Waals surface area (Å²) < 4.78 is 0. The van der Waals surface area contributed by atoms with Gasteiger partial charge in [-0.15, -0.1) is 22.0 Å². The number of tetrazole rings is 1. The Bertz CT molecular complexity index is 659. The summed E-state index contributed by atoms with van der Waals surface area (Å²) in [5, 5.41) is 17.5. The normalized spacial score (nSPS) is 26.8. The van der Waals surface area contributed by atoms with Crippen molar-refractivity contribution in [3.63, 3.8) is 0 Å². The van der Waals surface area contributed by atoms with Crippen LogP contribution >= 0.6 is 23.5 Å². The average molecular weight is 333 g/mol. The minimum absolute atomic E-state index is 0.0634. The molecule has 4 rings (SSSR count). The van der Waals surface area contributed by atoms with Crippen LogP contribution in [0.2, 0.25) is 0 Å². The first-order chi connectivity index (χ1) is 10.8. The second kappa shape index (κ2) is 5.58. The molecule has 1 fully saturated rings. The fourth-order valence-electron chi connectivity index (χ4n) is 2.90. The summed E-state index contributed by atoms with van der Waals surface area (Å²) in [6, 6.07) is 8.21. The van der Waals surface area contributed by atoms with Gasteiger partial charge in [0.15, 0.2) is 0 Å². The molecule has 2 atom stereocenters. The van der Waals surface area contributed by atoms with Gasteiger partial charge in [0.25, 0.3) is 0 Å². The van der Waals surface area contributed by atoms with E-state index in [1.54, 1.807) is 11.8 Å². The van der Waals surface area contributed by atoms with Crippen molar-refractivity contribution in [2.75, 3.05) is 11.5 Å². The molecule has 6 nitrogen and oxygen atoms in total. The van der Waals surface area contributed by atoms with Crippen LogP contribution in [-0.2, 0) is 16.8 Å². The lowest BCUT2D eigenvalue weighted by Gasteiger charge is -2.27. The molecule has 0 saturated carbocycles. The largest absolute Gasteiger partial charge is 0.341 e. The molecular formula is C14H15N5OS2. The maximum Gasteiger partial charge on any atom is 0.234 e. The molecule has 2 aromatic rings. The summed E-state index contributed by atoms with van der Waals surface area (Å²) >= 11 is 3.45. The van der Waals surface area contributed by atoms with Gasteiger partial charge in [0.2, 0.25) is 11.7 Å². The number of rotatable bonds is 3. The van der Waals surface area contributed by atoms with Gasteiger partial charge in [-0.05, 0) is 30.2 Å². The Morgan fingerprint density at radius 1 is 1.41 bits per heavy atom. The Hall–Kier alpha value is -1.54. The fraction of sp³-hybridized carbons (Fsp3) is 0.429. The highest BCUT2D eigenvalue weighted by Crippen LogP contribution is 2.39. The highest BCUT2D eigenvalue weighted by atomic mass is 32.2. The van der Waals surface area contributed by atoms with E-state index in [1.807, 2.05) is 23.9 Å². The van der Waals surface area contributed by atoms with E-state index in [0.717, 1.165) is 24.3 Å². The molecule has 1 amide bonds. The molecule has 3 heterocycles. The molecule has 2 unspecified atom stereocenters. The Morgan fingerprint density at radius 3 is 3.05 bits per heavy atom. The van der Waals surface area contributed by atoms with E-state index in [2.05, 4.69) is 38.1 Å². The van der Waals surface area contributed by atoms with Crippen molar-refractivity contribution in [3.8, 4) is 0 Å². The van der Waals surface area contributed by atoms with Crippen LogP contribution in [-0.4, -0.2) is 43.3 Å². The van der Waals surface area contributed by atoms with Gasteiger partial charge in [0.1, 0.15) is 5.54 Å². The SMILES string of the molecule is O=C(NC1(c2nn[nH]n2)CCSC1)C1Cc2ccccc2S1. The molecule has 2 N–H and O–H groups in total. The predicted octanol–water partition coefficient (Wildman–Crippen LogP) is 1.37. The highest BCUT2D eigenvalue weighted by molar-refractivity contribution is 8.01. The number of aromatic amines is 1. The van der Waals surface area contributed by atoms with Crippen LogP contribution in [0.25, 0.3) is 0 Å². The predicted molar refractivity (Wildman–Crippen MR) is 85.7 cm³/mol. The summed E-state index contributed by atoms with van der Waals surface area (Å²) in [6.07, 6.45) is 1.62. The molecule has 1 aromatic heterocycles. The van der Waals surface area contributed by atoms with Crippen LogP contribution < -0.4 is 5.32 Å². The maximum absolute atomic E-state index is 12.7. The van der Waals surface area contributed by atoms with Crippen LogP contribution in [0.4, 0.5) is 0 Å². The van der Waals surface area contributed by atoms with E-state index in [1.165, 1.54) is 10.5 Å². The quantitative estimate of drug-likeness (QED) is 0.882. The number of carbonyl (C=O) groups is 1. The summed E-state index contributed by atoms with van der Waals surface area (Å²) in [5.74, 6) is 2.44. The molecule has 114 valence electrons. The minimum Gasteiger partial charge on any atom is -0.341 e. The van der Waals surface area contributed by atoms with Crippen molar-refractivity contribution in [1.29, 1.82) is 0 Å². The number of hydrogen-bond donors (Lipinski definition) is 2. The highest BCUT2D eigenvalue weighted by Gasteiger charge is 2.43. The molecule has 1 aromatic carbocycles. The molecule has 22 heavy (non-hydrogen) atoms. The van der Waals surface area contributed by atoms with Crippen LogP contribution in [0.15, 0.2) is 29.2 Å². The van der Waals surface area contributed by atoms with Gasteiger partial charge in [0.05, 0.1) is 5.25 Å². The number of thioether (sulfide) groups is 2. The molecule has 0 aliphatic carbocycles. The number of carbonyl (C=O) groups excluding carboxylic acids is 1. The van der Waals surface area contributed by atoms with Crippen molar-refractivity contribution < 1.29 is 4.79 Å². The third-order valence-corrected chi connectivity index (χ3v) is 6.60. The summed E-state index contributed by atoms with van der Waals surface area (Å²) in [7, 11) is 0. The maximum atomic E-state index is 12.7. The van der Waals surface area contributed by atoms with Gasteiger partial charge in [-0.2, -0.15) is 17.0 Å². The smallest absolute Gasteiger partial charge is 0.234 e. The van der Waals surface area contributed by atoms with E-state index in [-0.39, 0.29) is 11.2 Å². The van der Waals surface area contributed by atoms with Gasteiger partial charge in [-0.1, -0.05) is 23.4 Å². The van der Waals surface area contributed by atoms with Gasteiger partial charge < -0.3 is 5.32 Å². The first-order valence-electron chi connectivity index (χ1n) is 7.15. The van der Waals surface area contributed by atoms with Gasteiger partial charge in [0, 0.05) is 10.6 Å². The van der Waals surface area contributed by atoms with Crippen molar-refractivity contribution in [2.45, 2.75) is 28.5 Å². The van der Waals surface area contributed by atoms with Crippen molar-refractivity contribution >= 4 is 29.4 Å². The first-order valence-corrected chi connectivity index (χ1v) is 9.19. The Balaban J connectivity index is 1.52. The van der Waals surface area contributed by atoms with Crippen LogP contribution in [0.1, 0.15) is 17.8 Å². The van der Waals surface area contributed by atoms with E-state index < -0.39 is 5.54 Å². The van der Waals surface area contributed by atoms with Gasteiger partial charge in [-0.25, -0.2) is 0 Å². The molecule has 2 aliphatic heterocycles. The zero-order valence-electron chi connectivity index (χ0n) is 11.8. The van der Waals surface area contributed by atoms with Crippen LogP contribution in [0, 0.1) is 0 Å². The van der Waals surface area contributed by atoms with Crippen molar-refractivity contribution in [3.05, 3.63) is 35.7 Å². The Morgan fingerprint density at radius 2 is 2.32 bits per heavy atom. The lowest BCUT2D eigenvalue weighted by molar-refractivity contribution is -0.122. The summed E-state index contributed by atoms with van der Waals surface area (Å²) in [5.41, 5.74) is 0.770. The number of aromatic nitrogens is 4. The summed E-state index contributed by atoms with van der Waals surface area (Å²) in [6.45, 7) is 0. The molecule has 0 radical (unpaired) electrons. The number of fused-ring (bicyclic) bond motifs is 1. The Kier molecular flexibility index (Phi) is 3.57. The van der Waals surface area contributed by atoms with Gasteiger partial charge in [-0.3, -0.25) is 4.79 Å². The standard InChI is InChI=1S/C14H15N5OS2/c20-12(11-7-9-3-1-2-4-10(9)22-11)15-14(5-6-21-8-14)13-16-18-19-17-13/h1-4,11H,5-8H2,(H,15,20)(H,16,17,18,19). The number of nitrogens with one attached hydrogen (secondary N) is 2. The van der Waals surface area contributed by atoms with Crippen LogP contribution in [0.5, 0.6) is 0 Å². The number of amides is 1. The number of hydrogen-bond acceptors (Lipinski definition) is 6. The number of nitrogens with zero attached hydrogens (tertiary/aromatic N) is 3. The zero-order chi connectivity index (χ0) is 15.0. The van der Waals surface area contributed by atoms with E-state index in [4.69, 9.17) is 0 Å². The van der Waals surface area contributed by atoms with E-state index in [0.29, 0.717) is 5.82 Å². The van der Waals surface area contributed by atoms with E-state index in [9.17, 15) is 4.79 Å². The molecule has 1 saturated heterocycles. The van der Waals surface area contributed by atoms with Crippen molar-refractivity contribution in [2.24, 2.45) is 0 Å². The van der Waals surface area contributed by atoms with Crippen molar-refractivity contribution in [1.82, 2.24) is 25.9 Å². The zero-order valence-corrected chi connectivity index (χ0v) is 13.4. The lowest BCUT2D eigenvalue weighted by Crippen LogP contribution is -2.49. The van der Waals surface area contributed by atoms with Crippen LogP contribution in [0.3, 0.4) is 0 Å². The fourth-order valence-corrected chi connectivity index (χ4v) is 5.43. The second-order valence-corrected chi connectivity index (χ2v) is 7.88. The molecule has 2 aliphatic rings. The van der Waals surface area contributed by atoms with Gasteiger partial charge >= 0.3 is 0 Å².